The maximum absolute atomic E-state index is 12.9. The zero-order valence-corrected chi connectivity index (χ0v) is 13.7. The van der Waals surface area contributed by atoms with Crippen molar-refractivity contribution in [1.29, 1.82) is 0 Å². The van der Waals surface area contributed by atoms with E-state index in [1.807, 2.05) is 0 Å². The molecule has 24 heavy (non-hydrogen) atoms. The third kappa shape index (κ3) is 3.63. The van der Waals surface area contributed by atoms with E-state index in [0.717, 1.165) is 18.9 Å². The van der Waals surface area contributed by atoms with E-state index in [-0.39, 0.29) is 24.0 Å². The molecule has 2 atom stereocenters. The number of hydrogen-bond donors (Lipinski definition) is 0. The minimum absolute atomic E-state index is 0.0671. The topological polar surface area (TPSA) is 39.2 Å². The number of aromatic nitrogens is 1. The van der Waals surface area contributed by atoms with Crippen molar-refractivity contribution in [3.05, 3.63) is 29.1 Å². The number of carbonyl (C=O) groups is 1. The monoisotopic (exact) mass is 341 g/mol. The van der Waals surface area contributed by atoms with E-state index in [0.29, 0.717) is 24.0 Å². The van der Waals surface area contributed by atoms with Gasteiger partial charge in [0.25, 0.3) is 0 Å². The van der Waals surface area contributed by atoms with Gasteiger partial charge in [0.15, 0.2) is 5.78 Å². The first kappa shape index (κ1) is 17.4. The predicted octanol–water partition coefficient (Wildman–Crippen LogP) is 4.65. The van der Waals surface area contributed by atoms with E-state index in [9.17, 15) is 18.0 Å². The Morgan fingerprint density at radius 2 is 1.88 bits per heavy atom. The average Bonchev–Trinajstić information content (AvgIpc) is 2.89. The van der Waals surface area contributed by atoms with Crippen molar-refractivity contribution < 1.29 is 22.7 Å². The highest BCUT2D eigenvalue weighted by atomic mass is 19.4. The highest BCUT2D eigenvalue weighted by molar-refractivity contribution is 5.98. The molecule has 2 aliphatic carbocycles. The summed E-state index contributed by atoms with van der Waals surface area (Å²) in [4.78, 5) is 16.6. The summed E-state index contributed by atoms with van der Waals surface area (Å²) in [5, 5.41) is 0. The minimum atomic E-state index is -4.52. The zero-order valence-electron chi connectivity index (χ0n) is 13.7. The van der Waals surface area contributed by atoms with Crippen molar-refractivity contribution in [3.63, 3.8) is 0 Å². The Kier molecular flexibility index (Phi) is 4.95. The van der Waals surface area contributed by atoms with Gasteiger partial charge in [-0.2, -0.15) is 13.2 Å². The number of fused-ring (bicyclic) bond motifs is 2. The molecule has 0 radical (unpaired) electrons. The molecule has 2 saturated carbocycles. The third-order valence-corrected chi connectivity index (χ3v) is 5.23. The second-order valence-electron chi connectivity index (χ2n) is 6.90. The number of pyridine rings is 1. The van der Waals surface area contributed by atoms with Gasteiger partial charge >= 0.3 is 6.18 Å². The number of Topliss-reactive ketones (excluding diaryl/α,β-unsaturated/α-hetero) is 1. The van der Waals surface area contributed by atoms with Gasteiger partial charge in [-0.25, -0.2) is 4.98 Å². The van der Waals surface area contributed by atoms with Crippen LogP contribution < -0.4 is 0 Å². The molecule has 0 saturated heterocycles. The maximum Gasteiger partial charge on any atom is 0.433 e. The van der Waals surface area contributed by atoms with Gasteiger partial charge in [0.05, 0.1) is 12.3 Å². The Morgan fingerprint density at radius 3 is 2.46 bits per heavy atom. The molecule has 1 heterocycles. The summed E-state index contributed by atoms with van der Waals surface area (Å²) < 4.78 is 43.9. The maximum atomic E-state index is 12.9. The van der Waals surface area contributed by atoms with Crippen molar-refractivity contribution in [2.24, 2.45) is 17.8 Å². The SMILES string of the molecule is CCOCc1nc(C(F)(F)F)ccc1C(=O)C1CC2CCC(C2)C1. The predicted molar refractivity (Wildman–Crippen MR) is 82.5 cm³/mol. The summed E-state index contributed by atoms with van der Waals surface area (Å²) in [5.74, 6) is 1.03. The molecule has 1 aromatic heterocycles. The molecular formula is C18H22F3NO2. The Morgan fingerprint density at radius 1 is 1.21 bits per heavy atom. The number of carbonyl (C=O) groups excluding carboxylic acids is 1. The lowest BCUT2D eigenvalue weighted by Crippen LogP contribution is -2.25. The van der Waals surface area contributed by atoms with Gasteiger partial charge in [0, 0.05) is 18.1 Å². The van der Waals surface area contributed by atoms with Crippen molar-refractivity contribution in [2.75, 3.05) is 6.61 Å². The fraction of sp³-hybridized carbons (Fsp3) is 0.667. The van der Waals surface area contributed by atoms with Crippen molar-refractivity contribution >= 4 is 5.78 Å². The lowest BCUT2D eigenvalue weighted by atomic mass is 9.77. The molecule has 0 N–H and O–H groups in total. The standard InChI is InChI=1S/C18H22F3NO2/c1-2-24-10-15-14(5-6-16(22-15)18(19,20)21)17(23)13-8-11-3-4-12(7-11)9-13/h5-6,11-13H,2-4,7-10H2,1H3. The second kappa shape index (κ2) is 6.82. The smallest absolute Gasteiger partial charge is 0.375 e. The van der Waals surface area contributed by atoms with E-state index >= 15 is 0 Å². The molecule has 0 spiro atoms. The van der Waals surface area contributed by atoms with Gasteiger partial charge in [-0.1, -0.05) is 12.8 Å². The first-order chi connectivity index (χ1) is 11.4. The van der Waals surface area contributed by atoms with E-state index in [1.54, 1.807) is 6.92 Å². The summed E-state index contributed by atoms with van der Waals surface area (Å²) in [7, 11) is 0. The Balaban J connectivity index is 1.86. The van der Waals surface area contributed by atoms with Gasteiger partial charge < -0.3 is 4.74 Å². The van der Waals surface area contributed by atoms with Gasteiger partial charge in [-0.05, 0) is 50.2 Å². The molecule has 2 fully saturated rings. The van der Waals surface area contributed by atoms with E-state index in [2.05, 4.69) is 4.98 Å². The Bertz CT molecular complexity index is 603. The van der Waals surface area contributed by atoms with Crippen LogP contribution in [0.4, 0.5) is 13.2 Å². The fourth-order valence-corrected chi connectivity index (χ4v) is 4.13. The van der Waals surface area contributed by atoms with E-state index in [1.165, 1.54) is 25.3 Å². The molecule has 2 bridgehead atoms. The van der Waals surface area contributed by atoms with Gasteiger partial charge in [-0.3, -0.25) is 4.79 Å². The van der Waals surface area contributed by atoms with Crippen LogP contribution in [-0.4, -0.2) is 17.4 Å². The molecule has 3 rings (SSSR count). The summed E-state index contributed by atoms with van der Waals surface area (Å²) in [6.45, 7) is 2.05. The first-order valence-corrected chi connectivity index (χ1v) is 8.57. The van der Waals surface area contributed by atoms with Gasteiger partial charge in [-0.15, -0.1) is 0 Å². The Hall–Kier alpha value is -1.43. The number of hydrogen-bond acceptors (Lipinski definition) is 3. The summed E-state index contributed by atoms with van der Waals surface area (Å²) >= 11 is 0. The summed E-state index contributed by atoms with van der Waals surface area (Å²) in [5.41, 5.74) is -0.574. The number of rotatable bonds is 5. The molecule has 0 amide bonds. The number of halogens is 3. The molecule has 6 heteroatoms. The zero-order chi connectivity index (χ0) is 17.3. The molecule has 2 unspecified atom stereocenters. The lowest BCUT2D eigenvalue weighted by Gasteiger charge is -2.27. The molecule has 2 aliphatic rings. The quantitative estimate of drug-likeness (QED) is 0.732. The van der Waals surface area contributed by atoms with Crippen LogP contribution in [-0.2, 0) is 17.5 Å². The van der Waals surface area contributed by atoms with Crippen molar-refractivity contribution in [3.8, 4) is 0 Å². The van der Waals surface area contributed by atoms with Crippen LogP contribution in [0.2, 0.25) is 0 Å². The number of alkyl halides is 3. The Labute approximate surface area is 139 Å². The van der Waals surface area contributed by atoms with E-state index < -0.39 is 11.9 Å². The van der Waals surface area contributed by atoms with Crippen LogP contribution in [0.1, 0.15) is 60.8 Å². The van der Waals surface area contributed by atoms with Crippen LogP contribution in [0.25, 0.3) is 0 Å². The van der Waals surface area contributed by atoms with Gasteiger partial charge in [0.1, 0.15) is 5.69 Å². The van der Waals surface area contributed by atoms with Crippen molar-refractivity contribution in [1.82, 2.24) is 4.98 Å². The molecule has 1 aromatic rings. The molecule has 0 aromatic carbocycles. The number of ether oxygens (including phenoxy) is 1. The van der Waals surface area contributed by atoms with Crippen LogP contribution in [0.15, 0.2) is 12.1 Å². The van der Waals surface area contributed by atoms with Crippen LogP contribution >= 0.6 is 0 Å². The average molecular weight is 341 g/mol. The largest absolute Gasteiger partial charge is 0.433 e. The molecule has 132 valence electrons. The van der Waals surface area contributed by atoms with Crippen LogP contribution in [0.3, 0.4) is 0 Å². The fourth-order valence-electron chi connectivity index (χ4n) is 4.13. The highest BCUT2D eigenvalue weighted by Gasteiger charge is 2.39. The number of ketones is 1. The molecule has 0 aliphatic heterocycles. The first-order valence-electron chi connectivity index (χ1n) is 8.57. The van der Waals surface area contributed by atoms with Crippen LogP contribution in [0, 0.1) is 17.8 Å². The number of nitrogens with zero attached hydrogens (tertiary/aromatic N) is 1. The highest BCUT2D eigenvalue weighted by Crippen LogP contribution is 2.45. The summed E-state index contributed by atoms with van der Waals surface area (Å²) in [6.07, 6.45) is 0.721. The molecule has 3 nitrogen and oxygen atoms in total. The summed E-state index contributed by atoms with van der Waals surface area (Å²) in [6, 6.07) is 2.18. The van der Waals surface area contributed by atoms with Crippen molar-refractivity contribution in [2.45, 2.75) is 51.8 Å². The lowest BCUT2D eigenvalue weighted by molar-refractivity contribution is -0.141. The third-order valence-electron chi connectivity index (χ3n) is 5.23. The minimum Gasteiger partial charge on any atom is -0.375 e. The van der Waals surface area contributed by atoms with Crippen LogP contribution in [0.5, 0.6) is 0 Å². The van der Waals surface area contributed by atoms with E-state index in [4.69, 9.17) is 4.74 Å². The second-order valence-corrected chi connectivity index (χ2v) is 6.90. The normalized spacial score (nSPS) is 26.6. The molecular weight excluding hydrogens is 319 g/mol. The van der Waals surface area contributed by atoms with Gasteiger partial charge in [0.2, 0.25) is 0 Å².